The first kappa shape index (κ1) is 22.7. The van der Waals surface area contributed by atoms with Gasteiger partial charge in [0.05, 0.1) is 0 Å². The smallest absolute Gasteiger partial charge is 0.222 e. The first-order valence-corrected chi connectivity index (χ1v) is 11.2. The summed E-state index contributed by atoms with van der Waals surface area (Å²) >= 11 is 0. The van der Waals surface area contributed by atoms with E-state index in [1.54, 1.807) is 6.07 Å². The minimum atomic E-state index is -0.578. The van der Waals surface area contributed by atoms with Crippen LogP contribution < -0.4 is 16.0 Å². The Morgan fingerprint density at radius 3 is 2.42 bits per heavy atom. The highest BCUT2D eigenvalue weighted by molar-refractivity contribution is 5.80. The monoisotopic (exact) mass is 447 g/mol. The van der Waals surface area contributed by atoms with Crippen molar-refractivity contribution in [3.8, 4) is 22.3 Å². The number of aryl methyl sites for hydroxylation is 1. The molecule has 4 rings (SSSR count). The maximum Gasteiger partial charge on any atom is 0.222 e. The van der Waals surface area contributed by atoms with Crippen LogP contribution in [0.15, 0.2) is 48.5 Å². The minimum absolute atomic E-state index is 0.158. The molecule has 0 atom stereocenters. The third-order valence-electron chi connectivity index (χ3n) is 6.33. The fourth-order valence-electron chi connectivity index (χ4n) is 4.23. The zero-order chi connectivity index (χ0) is 23.4. The summed E-state index contributed by atoms with van der Waals surface area (Å²) < 4.78 is 14.8. The van der Waals surface area contributed by atoms with Gasteiger partial charge in [-0.15, -0.1) is 0 Å². The Balaban J connectivity index is 1.63. The molecule has 172 valence electrons. The molecule has 1 aromatic heterocycles. The molecule has 1 amide bonds. The number of rotatable bonds is 7. The van der Waals surface area contributed by atoms with Gasteiger partial charge in [0.2, 0.25) is 12.4 Å². The summed E-state index contributed by atoms with van der Waals surface area (Å²) in [5, 5.41) is 2.69. The Hall–Kier alpha value is -3.45. The summed E-state index contributed by atoms with van der Waals surface area (Å²) in [6, 6.07) is 15.8. The van der Waals surface area contributed by atoms with Crippen LogP contribution in [0.1, 0.15) is 11.1 Å². The summed E-state index contributed by atoms with van der Waals surface area (Å²) in [6.45, 7) is 6.61. The summed E-state index contributed by atoms with van der Waals surface area (Å²) in [4.78, 5) is 19.2. The van der Waals surface area contributed by atoms with E-state index in [0.29, 0.717) is 30.5 Å². The Morgan fingerprint density at radius 2 is 1.73 bits per heavy atom. The number of hydrogen-bond acceptors (Lipinski definition) is 5. The third kappa shape index (κ3) is 5.14. The lowest BCUT2D eigenvalue weighted by atomic mass is 9.96. The summed E-state index contributed by atoms with van der Waals surface area (Å²) in [7, 11) is 2.13. The number of carbonyl (C=O) groups excluding carboxylic acids is 1. The van der Waals surface area contributed by atoms with E-state index in [1.807, 2.05) is 49.4 Å². The number of nitrogens with one attached hydrogen (secondary N) is 1. The second-order valence-corrected chi connectivity index (χ2v) is 8.56. The molecule has 0 saturated carbocycles. The fraction of sp³-hybridized carbons (Fsp3) is 0.308. The molecular weight excluding hydrogens is 417 g/mol. The molecule has 1 aliphatic rings. The molecule has 7 heteroatoms. The predicted molar refractivity (Wildman–Crippen MR) is 132 cm³/mol. The molecule has 0 unspecified atom stereocenters. The van der Waals surface area contributed by atoms with Gasteiger partial charge in [0.1, 0.15) is 5.82 Å². The Morgan fingerprint density at radius 1 is 1.03 bits per heavy atom. The first-order valence-electron chi connectivity index (χ1n) is 11.2. The molecule has 2 aromatic carbocycles. The molecule has 0 aliphatic carbocycles. The number of piperazine rings is 1. The van der Waals surface area contributed by atoms with Crippen molar-refractivity contribution in [1.82, 2.24) is 15.2 Å². The summed E-state index contributed by atoms with van der Waals surface area (Å²) in [5.41, 5.74) is 12.3. The lowest BCUT2D eigenvalue weighted by molar-refractivity contribution is -0.109. The van der Waals surface area contributed by atoms with Crippen molar-refractivity contribution >= 4 is 17.9 Å². The summed E-state index contributed by atoms with van der Waals surface area (Å²) in [5.74, 6) is -0.419. The largest absolute Gasteiger partial charge is 0.383 e. The standard InChI is InChI=1S/C26H30FN5O/c1-18-3-4-21(15-20(18)9-10-29-17-33)24-16-23(25(27)30-26(24)28)19-5-7-22(8-6-19)32-13-11-31(2)12-14-32/h3-8,15-17H,9-14H2,1-2H3,(H2,28,30)(H,29,33). The number of nitrogen functional groups attached to an aromatic ring is 1. The van der Waals surface area contributed by atoms with Gasteiger partial charge in [0.15, 0.2) is 0 Å². The van der Waals surface area contributed by atoms with Gasteiger partial charge in [-0.1, -0.05) is 30.3 Å². The maximum atomic E-state index is 14.8. The highest BCUT2D eigenvalue weighted by Gasteiger charge is 2.17. The average molecular weight is 448 g/mol. The first-order chi connectivity index (χ1) is 16.0. The van der Waals surface area contributed by atoms with E-state index in [9.17, 15) is 9.18 Å². The molecule has 1 saturated heterocycles. The molecule has 3 aromatic rings. The highest BCUT2D eigenvalue weighted by atomic mass is 19.1. The van der Waals surface area contributed by atoms with Crippen LogP contribution in [0, 0.1) is 12.9 Å². The number of carbonyl (C=O) groups is 1. The van der Waals surface area contributed by atoms with Crippen molar-refractivity contribution < 1.29 is 9.18 Å². The lowest BCUT2D eigenvalue weighted by Gasteiger charge is -2.34. The van der Waals surface area contributed by atoms with Gasteiger partial charge >= 0.3 is 0 Å². The highest BCUT2D eigenvalue weighted by Crippen LogP contribution is 2.33. The molecule has 33 heavy (non-hydrogen) atoms. The molecule has 0 bridgehead atoms. The topological polar surface area (TPSA) is 74.5 Å². The van der Waals surface area contributed by atoms with Gasteiger partial charge in [-0.2, -0.15) is 4.39 Å². The van der Waals surface area contributed by atoms with Crippen LogP contribution in [0.5, 0.6) is 0 Å². The number of halogens is 1. The normalized spacial score (nSPS) is 14.3. The van der Waals surface area contributed by atoms with Crippen LogP contribution in [-0.2, 0) is 11.2 Å². The van der Waals surface area contributed by atoms with Crippen molar-refractivity contribution in [1.29, 1.82) is 0 Å². The predicted octanol–water partition coefficient (Wildman–Crippen LogP) is 3.49. The summed E-state index contributed by atoms with van der Waals surface area (Å²) in [6.07, 6.45) is 1.40. The van der Waals surface area contributed by atoms with Crippen molar-refractivity contribution in [2.24, 2.45) is 0 Å². The number of aromatic nitrogens is 1. The van der Waals surface area contributed by atoms with Gasteiger partial charge in [-0.3, -0.25) is 4.79 Å². The van der Waals surface area contributed by atoms with Crippen molar-refractivity contribution in [2.45, 2.75) is 13.3 Å². The molecule has 0 radical (unpaired) electrons. The number of benzene rings is 2. The number of amides is 1. The molecule has 6 nitrogen and oxygen atoms in total. The van der Waals surface area contributed by atoms with Gasteiger partial charge < -0.3 is 20.9 Å². The second kappa shape index (κ2) is 10.0. The number of anilines is 2. The van der Waals surface area contributed by atoms with Gasteiger partial charge in [0, 0.05) is 49.5 Å². The molecule has 1 fully saturated rings. The van der Waals surface area contributed by atoms with Crippen LogP contribution in [0.25, 0.3) is 22.3 Å². The van der Waals surface area contributed by atoms with Crippen molar-refractivity contribution in [2.75, 3.05) is 50.4 Å². The molecule has 2 heterocycles. The lowest BCUT2D eigenvalue weighted by Crippen LogP contribution is -2.44. The minimum Gasteiger partial charge on any atom is -0.383 e. The second-order valence-electron chi connectivity index (χ2n) is 8.56. The zero-order valence-corrected chi connectivity index (χ0v) is 19.1. The number of hydrogen-bond donors (Lipinski definition) is 2. The Bertz CT molecular complexity index is 1120. The molecule has 1 aliphatic heterocycles. The van der Waals surface area contributed by atoms with Crippen LogP contribution in [0.3, 0.4) is 0 Å². The fourth-order valence-corrected chi connectivity index (χ4v) is 4.23. The maximum absolute atomic E-state index is 14.8. The van der Waals surface area contributed by atoms with E-state index in [-0.39, 0.29) is 5.82 Å². The van der Waals surface area contributed by atoms with Gasteiger partial charge in [0.25, 0.3) is 0 Å². The Labute approximate surface area is 194 Å². The van der Waals surface area contributed by atoms with Gasteiger partial charge in [-0.25, -0.2) is 4.98 Å². The number of likely N-dealkylation sites (N-methyl/N-ethyl adjacent to an activating group) is 1. The Kier molecular flexibility index (Phi) is 6.89. The van der Waals surface area contributed by atoms with E-state index >= 15 is 0 Å². The molecular formula is C26H30FN5O. The number of pyridine rings is 1. The quantitative estimate of drug-likeness (QED) is 0.330. The van der Waals surface area contributed by atoms with Crippen LogP contribution in [-0.4, -0.2) is 56.1 Å². The molecule has 0 spiro atoms. The van der Waals surface area contributed by atoms with Crippen LogP contribution >= 0.6 is 0 Å². The van der Waals surface area contributed by atoms with E-state index in [4.69, 9.17) is 5.73 Å². The average Bonchev–Trinajstić information content (AvgIpc) is 2.81. The number of nitrogens with zero attached hydrogens (tertiary/aromatic N) is 3. The van der Waals surface area contributed by atoms with Crippen LogP contribution in [0.2, 0.25) is 0 Å². The van der Waals surface area contributed by atoms with Crippen LogP contribution in [0.4, 0.5) is 15.9 Å². The van der Waals surface area contributed by atoms with E-state index in [2.05, 4.69) is 27.1 Å². The third-order valence-corrected chi connectivity index (χ3v) is 6.33. The van der Waals surface area contributed by atoms with Gasteiger partial charge in [-0.05, 0) is 60.8 Å². The van der Waals surface area contributed by atoms with E-state index < -0.39 is 5.95 Å². The SMILES string of the molecule is Cc1ccc(-c2cc(-c3ccc(N4CCN(C)CC4)cc3)c(F)nc2N)cc1CCNC=O. The van der Waals surface area contributed by atoms with E-state index in [1.165, 1.54) is 0 Å². The van der Waals surface area contributed by atoms with Crippen molar-refractivity contribution in [3.05, 3.63) is 65.6 Å². The molecule has 3 N–H and O–H groups in total. The zero-order valence-electron chi connectivity index (χ0n) is 19.1. The van der Waals surface area contributed by atoms with Crippen molar-refractivity contribution in [3.63, 3.8) is 0 Å². The number of nitrogens with two attached hydrogens (primary N) is 1. The van der Waals surface area contributed by atoms with E-state index in [0.717, 1.165) is 54.1 Å².